The van der Waals surface area contributed by atoms with Gasteiger partial charge in [-0.3, -0.25) is 0 Å². The van der Waals surface area contributed by atoms with Gasteiger partial charge in [0, 0.05) is 19.0 Å². The van der Waals surface area contributed by atoms with Crippen LogP contribution in [0.2, 0.25) is 0 Å². The van der Waals surface area contributed by atoms with Crippen molar-refractivity contribution in [3.63, 3.8) is 0 Å². The molecule has 0 radical (unpaired) electrons. The van der Waals surface area contributed by atoms with E-state index in [-0.39, 0.29) is 5.92 Å². The molecule has 5 rings (SSSR count). The minimum absolute atomic E-state index is 0.105. The molecule has 1 saturated heterocycles. The van der Waals surface area contributed by atoms with Gasteiger partial charge < -0.3 is 4.98 Å². The first-order valence-electron chi connectivity index (χ1n) is 10.2. The molecule has 1 aliphatic heterocycles. The van der Waals surface area contributed by atoms with E-state index in [0.29, 0.717) is 18.0 Å². The van der Waals surface area contributed by atoms with Crippen molar-refractivity contribution in [1.29, 1.82) is 0 Å². The highest BCUT2D eigenvalue weighted by Crippen LogP contribution is 2.31. The van der Waals surface area contributed by atoms with Crippen LogP contribution >= 0.6 is 0 Å². The number of fused-ring (bicyclic) bond motifs is 2. The Morgan fingerprint density at radius 1 is 1.00 bits per heavy atom. The molecule has 146 valence electrons. The first-order valence-corrected chi connectivity index (χ1v) is 11.6. The molecular weight excluding hydrogens is 370 g/mol. The molecule has 1 atom stereocenters. The number of rotatable bonds is 3. The molecule has 6 heteroatoms. The van der Waals surface area contributed by atoms with E-state index in [4.69, 9.17) is 4.98 Å². The van der Waals surface area contributed by atoms with E-state index in [1.807, 2.05) is 36.4 Å². The summed E-state index contributed by atoms with van der Waals surface area (Å²) in [7, 11) is -3.47. The number of aryl methyl sites for hydroxylation is 2. The van der Waals surface area contributed by atoms with Crippen molar-refractivity contribution >= 4 is 21.1 Å². The van der Waals surface area contributed by atoms with Gasteiger partial charge in [0.25, 0.3) is 0 Å². The first-order chi connectivity index (χ1) is 13.6. The van der Waals surface area contributed by atoms with E-state index in [0.717, 1.165) is 49.0 Å². The maximum absolute atomic E-state index is 13.3. The second-order valence-electron chi connectivity index (χ2n) is 7.98. The SMILES string of the molecule is O=S(=O)(c1ccc2c(c1)CCCC2)N1CCCC(c2nc3ccccc3[nH]2)C1. The van der Waals surface area contributed by atoms with Gasteiger partial charge in [-0.2, -0.15) is 4.31 Å². The lowest BCUT2D eigenvalue weighted by atomic mass is 9.92. The monoisotopic (exact) mass is 395 g/mol. The number of para-hydroxylation sites is 2. The predicted molar refractivity (Wildman–Crippen MR) is 110 cm³/mol. The lowest BCUT2D eigenvalue weighted by molar-refractivity contribution is 0.310. The van der Waals surface area contributed by atoms with E-state index in [1.54, 1.807) is 10.4 Å². The van der Waals surface area contributed by atoms with Crippen molar-refractivity contribution < 1.29 is 8.42 Å². The topological polar surface area (TPSA) is 66.1 Å². The highest BCUT2D eigenvalue weighted by atomic mass is 32.2. The van der Waals surface area contributed by atoms with Crippen molar-refractivity contribution in [2.75, 3.05) is 13.1 Å². The molecule has 2 aromatic carbocycles. The summed E-state index contributed by atoms with van der Waals surface area (Å²) >= 11 is 0. The van der Waals surface area contributed by atoms with Gasteiger partial charge >= 0.3 is 0 Å². The van der Waals surface area contributed by atoms with Crippen molar-refractivity contribution in [2.24, 2.45) is 0 Å². The van der Waals surface area contributed by atoms with Crippen LogP contribution in [0.1, 0.15) is 48.6 Å². The third-order valence-electron chi connectivity index (χ3n) is 6.14. The number of aromatic amines is 1. The summed E-state index contributed by atoms with van der Waals surface area (Å²) in [6.07, 6.45) is 6.20. The molecular formula is C22H25N3O2S. The molecule has 28 heavy (non-hydrogen) atoms. The Hall–Kier alpha value is -2.18. The molecule has 2 aliphatic rings. The Morgan fingerprint density at radius 2 is 1.82 bits per heavy atom. The Balaban J connectivity index is 1.42. The number of hydrogen-bond donors (Lipinski definition) is 1. The summed E-state index contributed by atoms with van der Waals surface area (Å²) in [5, 5.41) is 0. The van der Waals surface area contributed by atoms with Crippen LogP contribution in [-0.4, -0.2) is 35.8 Å². The maximum Gasteiger partial charge on any atom is 0.243 e. The van der Waals surface area contributed by atoms with Crippen LogP contribution in [0.4, 0.5) is 0 Å². The highest BCUT2D eigenvalue weighted by Gasteiger charge is 2.32. The Labute approximate surface area is 165 Å². The number of nitrogens with one attached hydrogen (secondary N) is 1. The fourth-order valence-electron chi connectivity index (χ4n) is 4.57. The van der Waals surface area contributed by atoms with Crippen molar-refractivity contribution in [2.45, 2.75) is 49.3 Å². The molecule has 0 bridgehead atoms. The summed E-state index contributed by atoms with van der Waals surface area (Å²) in [4.78, 5) is 8.53. The Bertz CT molecular complexity index is 1090. The molecule has 0 saturated carbocycles. The second kappa shape index (κ2) is 7.01. The molecule has 5 nitrogen and oxygen atoms in total. The minimum Gasteiger partial charge on any atom is -0.342 e. The highest BCUT2D eigenvalue weighted by molar-refractivity contribution is 7.89. The largest absolute Gasteiger partial charge is 0.342 e. The number of nitrogens with zero attached hydrogens (tertiary/aromatic N) is 2. The number of hydrogen-bond acceptors (Lipinski definition) is 3. The number of piperidine rings is 1. The maximum atomic E-state index is 13.3. The summed E-state index contributed by atoms with van der Waals surface area (Å²) in [5.74, 6) is 1.00. The van der Waals surface area contributed by atoms with Crippen LogP contribution in [0.25, 0.3) is 11.0 Å². The molecule has 2 heterocycles. The fraction of sp³-hybridized carbons (Fsp3) is 0.409. The first kappa shape index (κ1) is 17.9. The summed E-state index contributed by atoms with van der Waals surface area (Å²) in [6, 6.07) is 13.7. The lowest BCUT2D eigenvalue weighted by Crippen LogP contribution is -2.39. The van der Waals surface area contributed by atoms with Gasteiger partial charge in [-0.05, 0) is 73.9 Å². The molecule has 1 aliphatic carbocycles. The van der Waals surface area contributed by atoms with Crippen molar-refractivity contribution in [3.8, 4) is 0 Å². The van der Waals surface area contributed by atoms with E-state index >= 15 is 0 Å². The van der Waals surface area contributed by atoms with Crippen molar-refractivity contribution in [1.82, 2.24) is 14.3 Å². The van der Waals surface area contributed by atoms with E-state index in [2.05, 4.69) is 4.98 Å². The third-order valence-corrected chi connectivity index (χ3v) is 8.00. The Kier molecular flexibility index (Phi) is 4.48. The van der Waals surface area contributed by atoms with Crippen LogP contribution in [0.15, 0.2) is 47.4 Å². The molecule has 1 N–H and O–H groups in total. The predicted octanol–water partition coefficient (Wildman–Crippen LogP) is 4.01. The number of imidazole rings is 1. The van der Waals surface area contributed by atoms with Crippen LogP contribution in [0, 0.1) is 0 Å². The average molecular weight is 396 g/mol. The summed E-state index contributed by atoms with van der Waals surface area (Å²) in [6.45, 7) is 1.06. The quantitative estimate of drug-likeness (QED) is 0.729. The molecule has 0 amide bonds. The fourth-order valence-corrected chi connectivity index (χ4v) is 6.14. The Morgan fingerprint density at radius 3 is 2.68 bits per heavy atom. The molecule has 1 aromatic heterocycles. The van der Waals surface area contributed by atoms with Gasteiger partial charge in [0.05, 0.1) is 15.9 Å². The number of sulfonamides is 1. The van der Waals surface area contributed by atoms with E-state index in [9.17, 15) is 8.42 Å². The lowest BCUT2D eigenvalue weighted by Gasteiger charge is -2.31. The average Bonchev–Trinajstić information content (AvgIpc) is 3.18. The number of H-pyrrole nitrogens is 1. The summed E-state index contributed by atoms with van der Waals surface area (Å²) < 4.78 is 28.3. The van der Waals surface area contributed by atoms with E-state index in [1.165, 1.54) is 17.5 Å². The zero-order valence-electron chi connectivity index (χ0n) is 15.9. The zero-order chi connectivity index (χ0) is 19.1. The molecule has 3 aromatic rings. The zero-order valence-corrected chi connectivity index (χ0v) is 16.7. The molecule has 1 unspecified atom stereocenters. The molecule has 1 fully saturated rings. The van der Waals surface area contributed by atoms with Gasteiger partial charge in [0.2, 0.25) is 10.0 Å². The standard InChI is InChI=1S/C22H25N3O2S/c26-28(27,19-12-11-16-6-1-2-7-17(16)14-19)25-13-5-8-18(15-25)22-23-20-9-3-4-10-21(20)24-22/h3-4,9-12,14,18H,1-2,5-8,13,15H2,(H,23,24). The van der Waals surface area contributed by atoms with Gasteiger partial charge in [-0.15, -0.1) is 0 Å². The van der Waals surface area contributed by atoms with Gasteiger partial charge in [-0.1, -0.05) is 18.2 Å². The minimum atomic E-state index is -3.47. The van der Waals surface area contributed by atoms with Crippen molar-refractivity contribution in [3.05, 3.63) is 59.4 Å². The number of aromatic nitrogens is 2. The van der Waals surface area contributed by atoms with Crippen LogP contribution in [-0.2, 0) is 22.9 Å². The third kappa shape index (κ3) is 3.14. The van der Waals surface area contributed by atoms with Crippen LogP contribution in [0.3, 0.4) is 0 Å². The van der Waals surface area contributed by atoms with Gasteiger partial charge in [-0.25, -0.2) is 13.4 Å². The van der Waals surface area contributed by atoms with E-state index < -0.39 is 10.0 Å². The number of benzene rings is 2. The smallest absolute Gasteiger partial charge is 0.243 e. The summed E-state index contributed by atoms with van der Waals surface area (Å²) in [5.41, 5.74) is 4.46. The van der Waals surface area contributed by atoms with Gasteiger partial charge in [0.15, 0.2) is 0 Å². The normalized spacial score (nSPS) is 20.9. The molecule has 0 spiro atoms. The van der Waals surface area contributed by atoms with Crippen LogP contribution in [0.5, 0.6) is 0 Å². The van der Waals surface area contributed by atoms with Gasteiger partial charge in [0.1, 0.15) is 5.82 Å². The van der Waals surface area contributed by atoms with Crippen LogP contribution < -0.4 is 0 Å². The second-order valence-corrected chi connectivity index (χ2v) is 9.92.